The molecule has 0 bridgehead atoms. The molecule has 0 aliphatic heterocycles. The molecule has 24 heavy (non-hydrogen) atoms. The summed E-state index contributed by atoms with van der Waals surface area (Å²) in [6, 6.07) is 27.3. The molecule has 3 aromatic carbocycles. The van der Waals surface area contributed by atoms with E-state index in [0.717, 1.165) is 17.0 Å². The Labute approximate surface area is 142 Å². The highest BCUT2D eigenvalue weighted by Gasteiger charge is 2.12. The molecule has 0 spiro atoms. The highest BCUT2D eigenvalue weighted by atomic mass is 16.1. The Bertz CT molecular complexity index is 834. The molecule has 118 valence electrons. The first-order valence-electron chi connectivity index (χ1n) is 8.00. The number of benzene rings is 3. The number of hydrogen-bond donors (Lipinski definition) is 0. The maximum absolute atomic E-state index is 12.6. The van der Waals surface area contributed by atoms with Crippen LogP contribution in [-0.4, -0.2) is 11.5 Å². The lowest BCUT2D eigenvalue weighted by molar-refractivity contribution is 0.100. The van der Waals surface area contributed by atoms with Gasteiger partial charge < -0.3 is 0 Å². The van der Waals surface area contributed by atoms with Crippen LogP contribution in [-0.2, 0) is 0 Å². The van der Waals surface area contributed by atoms with E-state index in [1.54, 1.807) is 0 Å². The standard InChI is InChI=1S/C22H19NO/c1-17-12-14-20(15-13-17)23-21(18-8-4-2-5-9-18)16-22(24)19-10-6-3-7-11-19/h2-15H,16H2,1H3. The van der Waals surface area contributed by atoms with E-state index in [9.17, 15) is 4.79 Å². The summed E-state index contributed by atoms with van der Waals surface area (Å²) < 4.78 is 0. The van der Waals surface area contributed by atoms with Crippen molar-refractivity contribution in [1.82, 2.24) is 0 Å². The minimum absolute atomic E-state index is 0.0744. The van der Waals surface area contributed by atoms with Crippen molar-refractivity contribution < 1.29 is 4.79 Å². The summed E-state index contributed by atoms with van der Waals surface area (Å²) in [6.07, 6.45) is 0.280. The molecule has 0 amide bonds. The molecule has 0 heterocycles. The van der Waals surface area contributed by atoms with E-state index in [2.05, 4.69) is 0 Å². The third kappa shape index (κ3) is 4.05. The molecule has 0 saturated carbocycles. The maximum Gasteiger partial charge on any atom is 0.168 e. The lowest BCUT2D eigenvalue weighted by Gasteiger charge is -2.07. The number of hydrogen-bond acceptors (Lipinski definition) is 2. The van der Waals surface area contributed by atoms with Crippen LogP contribution >= 0.6 is 0 Å². The van der Waals surface area contributed by atoms with Crippen LogP contribution in [0.15, 0.2) is 89.9 Å². The summed E-state index contributed by atoms with van der Waals surface area (Å²) in [6.45, 7) is 2.05. The predicted molar refractivity (Wildman–Crippen MR) is 99.2 cm³/mol. The monoisotopic (exact) mass is 313 g/mol. The first-order chi connectivity index (χ1) is 11.7. The van der Waals surface area contributed by atoms with Crippen molar-refractivity contribution in [2.24, 2.45) is 4.99 Å². The van der Waals surface area contributed by atoms with Gasteiger partial charge in [0.15, 0.2) is 5.78 Å². The molecule has 0 radical (unpaired) electrons. The second kappa shape index (κ2) is 7.51. The number of ketones is 1. The number of aliphatic imine (C=N–C) groups is 1. The van der Waals surface area contributed by atoms with Crippen LogP contribution in [0.2, 0.25) is 0 Å². The van der Waals surface area contributed by atoms with Gasteiger partial charge in [0.1, 0.15) is 0 Å². The molecule has 2 nitrogen and oxygen atoms in total. The van der Waals surface area contributed by atoms with Gasteiger partial charge in [-0.25, -0.2) is 0 Å². The summed E-state index contributed by atoms with van der Waals surface area (Å²) >= 11 is 0. The van der Waals surface area contributed by atoms with Crippen molar-refractivity contribution in [2.45, 2.75) is 13.3 Å². The summed E-state index contributed by atoms with van der Waals surface area (Å²) in [5, 5.41) is 0. The van der Waals surface area contributed by atoms with Crippen molar-refractivity contribution in [2.75, 3.05) is 0 Å². The Balaban J connectivity index is 1.94. The molecule has 3 rings (SSSR count). The van der Waals surface area contributed by atoms with Crippen molar-refractivity contribution in [3.05, 3.63) is 102 Å². The van der Waals surface area contributed by atoms with E-state index >= 15 is 0 Å². The fraction of sp³-hybridized carbons (Fsp3) is 0.0909. The van der Waals surface area contributed by atoms with Crippen LogP contribution in [0.3, 0.4) is 0 Å². The molecule has 0 aromatic heterocycles. The molecule has 0 aliphatic carbocycles. The lowest BCUT2D eigenvalue weighted by atomic mass is 10.0. The molecule has 3 aromatic rings. The molecule has 0 saturated heterocycles. The number of nitrogens with zero attached hydrogens (tertiary/aromatic N) is 1. The van der Waals surface area contributed by atoms with Gasteiger partial charge in [-0.15, -0.1) is 0 Å². The predicted octanol–water partition coefficient (Wildman–Crippen LogP) is 5.39. The quantitative estimate of drug-likeness (QED) is 0.459. The molecule has 0 N–H and O–H groups in total. The van der Waals surface area contributed by atoms with Gasteiger partial charge in [0.05, 0.1) is 17.8 Å². The Morgan fingerprint density at radius 3 is 1.88 bits per heavy atom. The van der Waals surface area contributed by atoms with Crippen LogP contribution < -0.4 is 0 Å². The fourth-order valence-electron chi connectivity index (χ4n) is 2.49. The Morgan fingerprint density at radius 2 is 1.29 bits per heavy atom. The third-order valence-corrected chi connectivity index (χ3v) is 3.83. The molecule has 0 atom stereocenters. The minimum atomic E-state index is 0.0744. The molecule has 2 heteroatoms. The third-order valence-electron chi connectivity index (χ3n) is 3.83. The van der Waals surface area contributed by atoms with E-state index in [1.807, 2.05) is 91.9 Å². The average Bonchev–Trinajstić information content (AvgIpc) is 2.64. The normalized spacial score (nSPS) is 11.3. The van der Waals surface area contributed by atoms with Gasteiger partial charge in [-0.2, -0.15) is 0 Å². The molecular weight excluding hydrogens is 294 g/mol. The summed E-state index contributed by atoms with van der Waals surface area (Å²) in [7, 11) is 0. The molecule has 0 unspecified atom stereocenters. The van der Waals surface area contributed by atoms with Crippen LogP contribution in [0.4, 0.5) is 5.69 Å². The van der Waals surface area contributed by atoms with E-state index in [4.69, 9.17) is 4.99 Å². The smallest absolute Gasteiger partial charge is 0.168 e. The number of rotatable bonds is 5. The Kier molecular flexibility index (Phi) is 4.97. The van der Waals surface area contributed by atoms with Crippen molar-refractivity contribution in [3.63, 3.8) is 0 Å². The van der Waals surface area contributed by atoms with Gasteiger partial charge in [0.25, 0.3) is 0 Å². The summed E-state index contributed by atoms with van der Waals surface area (Å²) in [5.41, 5.74) is 4.52. The van der Waals surface area contributed by atoms with Crippen LogP contribution in [0.1, 0.15) is 27.9 Å². The molecular formula is C22H19NO. The number of carbonyl (C=O) groups is 1. The van der Waals surface area contributed by atoms with Crippen molar-refractivity contribution in [1.29, 1.82) is 0 Å². The SMILES string of the molecule is Cc1ccc(N=C(CC(=O)c2ccccc2)c2ccccc2)cc1. The molecule has 0 aliphatic rings. The second-order valence-electron chi connectivity index (χ2n) is 5.73. The summed E-state index contributed by atoms with van der Waals surface area (Å²) in [4.78, 5) is 17.3. The lowest BCUT2D eigenvalue weighted by Crippen LogP contribution is -2.09. The van der Waals surface area contributed by atoms with Crippen molar-refractivity contribution >= 4 is 17.2 Å². The zero-order valence-corrected chi connectivity index (χ0v) is 13.6. The number of Topliss-reactive ketones (excluding diaryl/α,β-unsaturated/α-hetero) is 1. The van der Waals surface area contributed by atoms with Crippen molar-refractivity contribution in [3.8, 4) is 0 Å². The van der Waals surface area contributed by atoms with Gasteiger partial charge in [-0.3, -0.25) is 9.79 Å². The molecule has 0 fully saturated rings. The second-order valence-corrected chi connectivity index (χ2v) is 5.73. The van der Waals surface area contributed by atoms with Crippen LogP contribution in [0.25, 0.3) is 0 Å². The van der Waals surface area contributed by atoms with Gasteiger partial charge in [0.2, 0.25) is 0 Å². The highest BCUT2D eigenvalue weighted by molar-refractivity contribution is 6.16. The zero-order chi connectivity index (χ0) is 16.8. The largest absolute Gasteiger partial charge is 0.294 e. The fourth-order valence-corrected chi connectivity index (χ4v) is 2.49. The Hall–Kier alpha value is -3.00. The summed E-state index contributed by atoms with van der Waals surface area (Å²) in [5.74, 6) is 0.0744. The number of carbonyl (C=O) groups excluding carboxylic acids is 1. The minimum Gasteiger partial charge on any atom is -0.294 e. The average molecular weight is 313 g/mol. The first kappa shape index (κ1) is 15.9. The van der Waals surface area contributed by atoms with Crippen LogP contribution in [0, 0.1) is 6.92 Å². The Morgan fingerprint density at radius 1 is 0.750 bits per heavy atom. The van der Waals surface area contributed by atoms with Gasteiger partial charge in [-0.1, -0.05) is 78.4 Å². The maximum atomic E-state index is 12.6. The van der Waals surface area contributed by atoms with Crippen LogP contribution in [0.5, 0.6) is 0 Å². The van der Waals surface area contributed by atoms with Gasteiger partial charge in [-0.05, 0) is 24.6 Å². The first-order valence-corrected chi connectivity index (χ1v) is 8.00. The number of aryl methyl sites for hydroxylation is 1. The zero-order valence-electron chi connectivity index (χ0n) is 13.6. The van der Waals surface area contributed by atoms with E-state index in [-0.39, 0.29) is 12.2 Å². The van der Waals surface area contributed by atoms with Gasteiger partial charge in [0, 0.05) is 5.56 Å². The van der Waals surface area contributed by atoms with E-state index in [0.29, 0.717) is 5.56 Å². The highest BCUT2D eigenvalue weighted by Crippen LogP contribution is 2.17. The van der Waals surface area contributed by atoms with Gasteiger partial charge >= 0.3 is 0 Å². The van der Waals surface area contributed by atoms with E-state index in [1.165, 1.54) is 5.56 Å². The van der Waals surface area contributed by atoms with E-state index < -0.39 is 0 Å². The topological polar surface area (TPSA) is 29.4 Å².